The van der Waals surface area contributed by atoms with Gasteiger partial charge in [-0.15, -0.1) is 0 Å². The van der Waals surface area contributed by atoms with E-state index in [0.29, 0.717) is 11.8 Å². The molecule has 0 aromatic carbocycles. The van der Waals surface area contributed by atoms with E-state index in [2.05, 4.69) is 20.8 Å². The predicted molar refractivity (Wildman–Crippen MR) is 48.0 cm³/mol. The molecule has 0 aliphatic carbocycles. The number of hydrogen-bond donors (Lipinski definition) is 0. The molecule has 0 spiro atoms. The summed E-state index contributed by atoms with van der Waals surface area (Å²) < 4.78 is 12.5. The van der Waals surface area contributed by atoms with E-state index in [-0.39, 0.29) is 5.83 Å². The van der Waals surface area contributed by atoms with Gasteiger partial charge in [-0.05, 0) is 24.8 Å². The van der Waals surface area contributed by atoms with Gasteiger partial charge in [-0.1, -0.05) is 32.9 Å². The van der Waals surface area contributed by atoms with Gasteiger partial charge in [0.25, 0.3) is 0 Å². The summed E-state index contributed by atoms with van der Waals surface area (Å²) in [4.78, 5) is 0. The third-order valence-electron chi connectivity index (χ3n) is 1.89. The largest absolute Gasteiger partial charge is 0.207 e. The van der Waals surface area contributed by atoms with Crippen molar-refractivity contribution in [2.24, 2.45) is 11.8 Å². The Labute approximate surface area is 68.8 Å². The number of rotatable bonds is 3. The van der Waals surface area contributed by atoms with Crippen LogP contribution in [0.15, 0.2) is 24.1 Å². The monoisotopic (exact) mass is 156 g/mol. The molecule has 0 heterocycles. The van der Waals surface area contributed by atoms with Crippen molar-refractivity contribution >= 4 is 0 Å². The third-order valence-corrected chi connectivity index (χ3v) is 1.89. The van der Waals surface area contributed by atoms with Crippen molar-refractivity contribution in [1.82, 2.24) is 0 Å². The van der Waals surface area contributed by atoms with Crippen LogP contribution in [0.3, 0.4) is 0 Å². The van der Waals surface area contributed by atoms with Crippen molar-refractivity contribution in [3.8, 4) is 0 Å². The van der Waals surface area contributed by atoms with E-state index < -0.39 is 0 Å². The molecule has 1 unspecified atom stereocenters. The summed E-state index contributed by atoms with van der Waals surface area (Å²) in [7, 11) is 0. The van der Waals surface area contributed by atoms with Crippen LogP contribution in [0.4, 0.5) is 4.39 Å². The van der Waals surface area contributed by atoms with E-state index in [9.17, 15) is 4.39 Å². The summed E-state index contributed by atoms with van der Waals surface area (Å²) >= 11 is 0. The summed E-state index contributed by atoms with van der Waals surface area (Å²) in [5.74, 6) is 0.870. The van der Waals surface area contributed by atoms with Gasteiger partial charge in [0, 0.05) is 0 Å². The van der Waals surface area contributed by atoms with Gasteiger partial charge in [-0.2, -0.15) is 0 Å². The van der Waals surface area contributed by atoms with Crippen LogP contribution in [-0.4, -0.2) is 0 Å². The van der Waals surface area contributed by atoms with Crippen molar-refractivity contribution in [2.75, 3.05) is 0 Å². The Kier molecular flexibility index (Phi) is 4.84. The Morgan fingerprint density at radius 3 is 2.18 bits per heavy atom. The molecule has 0 nitrogen and oxygen atoms in total. The molecule has 0 aromatic rings. The molecule has 0 aromatic heterocycles. The van der Waals surface area contributed by atoms with Crippen LogP contribution in [0, 0.1) is 11.8 Å². The van der Waals surface area contributed by atoms with Gasteiger partial charge in [0.15, 0.2) is 0 Å². The minimum Gasteiger partial charge on any atom is -0.207 e. The van der Waals surface area contributed by atoms with Gasteiger partial charge < -0.3 is 0 Å². The van der Waals surface area contributed by atoms with E-state index in [0.717, 1.165) is 0 Å². The molecule has 0 N–H and O–H groups in total. The maximum absolute atomic E-state index is 12.5. The Morgan fingerprint density at radius 1 is 1.27 bits per heavy atom. The quantitative estimate of drug-likeness (QED) is 0.546. The first-order valence-electron chi connectivity index (χ1n) is 4.08. The second kappa shape index (κ2) is 5.11. The fourth-order valence-corrected chi connectivity index (χ4v) is 0.562. The normalized spacial score (nSPS) is 16.4. The lowest BCUT2D eigenvalue weighted by Gasteiger charge is -2.08. The zero-order valence-corrected chi connectivity index (χ0v) is 7.76. The van der Waals surface area contributed by atoms with E-state index in [1.807, 2.05) is 6.08 Å². The van der Waals surface area contributed by atoms with Crippen LogP contribution in [-0.2, 0) is 0 Å². The molecule has 0 saturated heterocycles. The Bertz CT molecular complexity index is 154. The number of allylic oxidation sites excluding steroid dienone is 4. The lowest BCUT2D eigenvalue weighted by atomic mass is 9.98. The van der Waals surface area contributed by atoms with Gasteiger partial charge in [0.2, 0.25) is 0 Å². The average Bonchev–Trinajstić information content (AvgIpc) is 1.99. The summed E-state index contributed by atoms with van der Waals surface area (Å²) in [6, 6.07) is 0. The number of hydrogen-bond acceptors (Lipinski definition) is 0. The highest BCUT2D eigenvalue weighted by Crippen LogP contribution is 2.12. The first kappa shape index (κ1) is 10.4. The van der Waals surface area contributed by atoms with Crippen LogP contribution in [0.25, 0.3) is 0 Å². The first-order chi connectivity index (χ1) is 5.07. The van der Waals surface area contributed by atoms with Crippen molar-refractivity contribution in [2.45, 2.75) is 27.7 Å². The minimum absolute atomic E-state index is 0.155. The lowest BCUT2D eigenvalue weighted by molar-refractivity contribution is 0.502. The van der Waals surface area contributed by atoms with Crippen LogP contribution >= 0.6 is 0 Å². The van der Waals surface area contributed by atoms with Crippen LogP contribution in [0.1, 0.15) is 27.7 Å². The topological polar surface area (TPSA) is 0 Å². The summed E-state index contributed by atoms with van der Waals surface area (Å²) in [5, 5.41) is 0. The molecule has 0 rings (SSSR count). The SMILES string of the molecule is C/C=C(F)\C=C/C(C)C(C)C. The molecule has 0 amide bonds. The molecule has 0 radical (unpaired) electrons. The highest BCUT2D eigenvalue weighted by molar-refractivity contribution is 5.10. The average molecular weight is 156 g/mol. The molecule has 0 aliphatic rings. The van der Waals surface area contributed by atoms with Crippen LogP contribution < -0.4 is 0 Å². The van der Waals surface area contributed by atoms with Crippen molar-refractivity contribution < 1.29 is 4.39 Å². The maximum Gasteiger partial charge on any atom is 0.118 e. The molecule has 0 aliphatic heterocycles. The van der Waals surface area contributed by atoms with E-state index >= 15 is 0 Å². The van der Waals surface area contributed by atoms with Crippen molar-refractivity contribution in [3.05, 3.63) is 24.1 Å². The van der Waals surface area contributed by atoms with Gasteiger partial charge in [-0.3, -0.25) is 0 Å². The van der Waals surface area contributed by atoms with Gasteiger partial charge in [0.1, 0.15) is 5.83 Å². The smallest absolute Gasteiger partial charge is 0.118 e. The predicted octanol–water partition coefficient (Wildman–Crippen LogP) is 3.71. The van der Waals surface area contributed by atoms with Gasteiger partial charge in [-0.25, -0.2) is 4.39 Å². The van der Waals surface area contributed by atoms with Crippen molar-refractivity contribution in [3.63, 3.8) is 0 Å². The van der Waals surface area contributed by atoms with Gasteiger partial charge >= 0.3 is 0 Å². The van der Waals surface area contributed by atoms with E-state index in [4.69, 9.17) is 0 Å². The van der Waals surface area contributed by atoms with Crippen LogP contribution in [0.2, 0.25) is 0 Å². The second-order valence-electron chi connectivity index (χ2n) is 3.14. The molecule has 64 valence electrons. The zero-order chi connectivity index (χ0) is 8.85. The third kappa shape index (κ3) is 4.77. The first-order valence-corrected chi connectivity index (χ1v) is 4.08. The minimum atomic E-state index is -0.155. The maximum atomic E-state index is 12.5. The molecule has 1 heteroatoms. The van der Waals surface area contributed by atoms with Gasteiger partial charge in [0.05, 0.1) is 0 Å². The fourth-order valence-electron chi connectivity index (χ4n) is 0.562. The summed E-state index contributed by atoms with van der Waals surface area (Å²) in [6.45, 7) is 8.04. The van der Waals surface area contributed by atoms with E-state index in [1.165, 1.54) is 12.2 Å². The Balaban J connectivity index is 3.93. The lowest BCUT2D eigenvalue weighted by Crippen LogP contribution is -1.98. The molecule has 0 bridgehead atoms. The molecule has 11 heavy (non-hydrogen) atoms. The highest BCUT2D eigenvalue weighted by atomic mass is 19.1. The fraction of sp³-hybridized carbons (Fsp3) is 0.600. The zero-order valence-electron chi connectivity index (χ0n) is 7.76. The molecular weight excluding hydrogens is 139 g/mol. The summed E-state index contributed by atoms with van der Waals surface area (Å²) in [6.07, 6.45) is 4.90. The second-order valence-corrected chi connectivity index (χ2v) is 3.14. The Morgan fingerprint density at radius 2 is 1.82 bits per heavy atom. The van der Waals surface area contributed by atoms with Crippen LogP contribution in [0.5, 0.6) is 0 Å². The summed E-state index contributed by atoms with van der Waals surface area (Å²) in [5.41, 5.74) is 0. The Hall–Kier alpha value is -0.590. The van der Waals surface area contributed by atoms with Crippen molar-refractivity contribution in [1.29, 1.82) is 0 Å². The number of halogens is 1. The molecule has 1 atom stereocenters. The molecular formula is C10H17F. The van der Waals surface area contributed by atoms with E-state index in [1.54, 1.807) is 6.92 Å². The molecule has 0 saturated carbocycles. The standard InChI is InChI=1S/C10H17F/c1-5-10(11)7-6-9(4)8(2)3/h5-9H,1-4H3/b7-6-,10-5+. The molecule has 0 fully saturated rings. The highest BCUT2D eigenvalue weighted by Gasteiger charge is 2.01.